The molecular weight excluding hydrogens is 500 g/mol. The second-order valence-electron chi connectivity index (χ2n) is 8.70. The maximum absolute atomic E-state index is 15.3. The predicted molar refractivity (Wildman–Crippen MR) is 136 cm³/mol. The number of ether oxygens (including phenoxy) is 3. The highest BCUT2D eigenvalue weighted by Gasteiger charge is 2.39. The van der Waals surface area contributed by atoms with E-state index in [0.717, 1.165) is 18.2 Å². The zero-order chi connectivity index (χ0) is 27.1. The zero-order valence-corrected chi connectivity index (χ0v) is 20.3. The van der Waals surface area contributed by atoms with Crippen molar-refractivity contribution >= 4 is 21.5 Å². The molecule has 0 atom stereocenters. The second kappa shape index (κ2) is 9.45. The first-order valence-electron chi connectivity index (χ1n) is 11.6. The van der Waals surface area contributed by atoms with Crippen molar-refractivity contribution in [2.75, 3.05) is 7.11 Å². The Kier molecular flexibility index (Phi) is 6.26. The Morgan fingerprint density at radius 2 is 1.13 bits per heavy atom. The molecule has 0 heterocycles. The fourth-order valence-electron chi connectivity index (χ4n) is 4.44. The third kappa shape index (κ3) is 4.53. The number of phenols is 1. The quantitative estimate of drug-likeness (QED) is 0.219. The third-order valence-corrected chi connectivity index (χ3v) is 6.26. The molecule has 0 bridgehead atoms. The Balaban J connectivity index is 1.43. The first kappa shape index (κ1) is 25.2. The van der Waals surface area contributed by atoms with Crippen LogP contribution in [0.3, 0.4) is 0 Å². The lowest BCUT2D eigenvalue weighted by atomic mass is 10.0. The zero-order valence-electron chi connectivity index (χ0n) is 20.3. The summed E-state index contributed by atoms with van der Waals surface area (Å²) in [5, 5.41) is 11.1. The highest BCUT2D eigenvalue weighted by atomic mass is 19.3. The van der Waals surface area contributed by atoms with Crippen molar-refractivity contribution in [2.45, 2.75) is 19.1 Å². The summed E-state index contributed by atoms with van der Waals surface area (Å²) >= 11 is 0. The Hall–Kier alpha value is -4.46. The van der Waals surface area contributed by atoms with E-state index in [-0.39, 0.29) is 44.5 Å². The van der Waals surface area contributed by atoms with E-state index in [4.69, 9.17) is 14.2 Å². The largest absolute Gasteiger partial charge is 0.507 e. The molecule has 0 unspecified atom stereocenters. The SMILES string of the molecule is COc1ccc(C(F)(F)Oc2ccc(OC(F)(F)c3ccc(O)c4ccccc34)cc2C)c2ccccc12. The van der Waals surface area contributed by atoms with Crippen molar-refractivity contribution in [3.05, 3.63) is 108 Å². The summed E-state index contributed by atoms with van der Waals surface area (Å²) in [7, 11) is 1.46. The van der Waals surface area contributed by atoms with Gasteiger partial charge in [-0.15, -0.1) is 0 Å². The summed E-state index contributed by atoms with van der Waals surface area (Å²) in [6, 6.07) is 21.2. The van der Waals surface area contributed by atoms with Gasteiger partial charge < -0.3 is 19.3 Å². The van der Waals surface area contributed by atoms with Gasteiger partial charge in [0.1, 0.15) is 23.0 Å². The average Bonchev–Trinajstić information content (AvgIpc) is 2.89. The lowest BCUT2D eigenvalue weighted by Gasteiger charge is -2.23. The number of aromatic hydroxyl groups is 1. The summed E-state index contributed by atoms with van der Waals surface area (Å²) in [6.45, 7) is 1.46. The summed E-state index contributed by atoms with van der Waals surface area (Å²) in [5.41, 5.74) is -0.632. The molecule has 1 N–H and O–H groups in total. The van der Waals surface area contributed by atoms with Crippen LogP contribution in [0, 0.1) is 6.92 Å². The summed E-state index contributed by atoms with van der Waals surface area (Å²) in [5.74, 6) is -0.126. The highest BCUT2D eigenvalue weighted by Crippen LogP contribution is 2.42. The maximum atomic E-state index is 15.3. The molecule has 5 aromatic rings. The molecule has 0 amide bonds. The molecule has 8 heteroatoms. The minimum absolute atomic E-state index is 0.125. The van der Waals surface area contributed by atoms with Crippen LogP contribution in [0.1, 0.15) is 16.7 Å². The van der Waals surface area contributed by atoms with Gasteiger partial charge in [0, 0.05) is 10.8 Å². The number of benzene rings is 5. The number of fused-ring (bicyclic) bond motifs is 2. The van der Waals surface area contributed by atoms with Gasteiger partial charge >= 0.3 is 12.2 Å². The number of aryl methyl sites for hydroxylation is 1. The topological polar surface area (TPSA) is 47.9 Å². The van der Waals surface area contributed by atoms with Crippen molar-refractivity contribution < 1.29 is 36.9 Å². The van der Waals surface area contributed by atoms with Gasteiger partial charge in [-0.05, 0) is 65.7 Å². The van der Waals surface area contributed by atoms with Crippen LogP contribution in [0.2, 0.25) is 0 Å². The number of halogens is 4. The molecule has 194 valence electrons. The van der Waals surface area contributed by atoms with Crippen LogP contribution in [-0.2, 0) is 12.2 Å². The van der Waals surface area contributed by atoms with E-state index in [1.54, 1.807) is 36.4 Å². The molecule has 0 aliphatic rings. The molecule has 38 heavy (non-hydrogen) atoms. The molecule has 0 radical (unpaired) electrons. The lowest BCUT2D eigenvalue weighted by Crippen LogP contribution is -2.23. The van der Waals surface area contributed by atoms with Gasteiger partial charge in [0.2, 0.25) is 0 Å². The van der Waals surface area contributed by atoms with Crippen LogP contribution in [0.4, 0.5) is 17.6 Å². The number of hydrogen-bond donors (Lipinski definition) is 1. The average molecular weight is 522 g/mol. The summed E-state index contributed by atoms with van der Waals surface area (Å²) in [6.07, 6.45) is -7.50. The van der Waals surface area contributed by atoms with E-state index >= 15 is 17.6 Å². The summed E-state index contributed by atoms with van der Waals surface area (Å²) < 4.78 is 76.4. The van der Waals surface area contributed by atoms with Crippen LogP contribution >= 0.6 is 0 Å². The van der Waals surface area contributed by atoms with Gasteiger partial charge in [0.25, 0.3) is 0 Å². The standard InChI is InChI=1S/C30H22F4O4/c1-18-17-19(37-29(31,32)24-12-14-26(35)22-9-5-3-7-20(22)24)11-15-27(18)38-30(33,34)25-13-16-28(36-2)23-10-6-4-8-21(23)25/h3-17,35H,1-2H3. The molecule has 5 rings (SSSR count). The first-order valence-corrected chi connectivity index (χ1v) is 11.6. The number of hydrogen-bond acceptors (Lipinski definition) is 4. The highest BCUT2D eigenvalue weighted by molar-refractivity contribution is 5.92. The van der Waals surface area contributed by atoms with Crippen molar-refractivity contribution in [3.8, 4) is 23.0 Å². The van der Waals surface area contributed by atoms with E-state index in [1.807, 2.05) is 0 Å². The monoisotopic (exact) mass is 522 g/mol. The molecule has 5 aromatic carbocycles. The van der Waals surface area contributed by atoms with Gasteiger partial charge in [-0.1, -0.05) is 48.5 Å². The molecule has 0 aliphatic carbocycles. The van der Waals surface area contributed by atoms with E-state index in [2.05, 4.69) is 0 Å². The van der Waals surface area contributed by atoms with Crippen molar-refractivity contribution in [1.29, 1.82) is 0 Å². The first-order chi connectivity index (χ1) is 18.1. The number of methoxy groups -OCH3 is 1. The summed E-state index contributed by atoms with van der Waals surface area (Å²) in [4.78, 5) is 0. The van der Waals surface area contributed by atoms with Gasteiger partial charge in [-0.25, -0.2) is 0 Å². The third-order valence-electron chi connectivity index (χ3n) is 6.26. The van der Waals surface area contributed by atoms with E-state index < -0.39 is 17.8 Å². The molecule has 0 spiro atoms. The van der Waals surface area contributed by atoms with E-state index in [1.165, 1.54) is 50.4 Å². The van der Waals surface area contributed by atoms with Crippen LogP contribution in [-0.4, -0.2) is 12.2 Å². The molecule has 0 aliphatic heterocycles. The molecule has 0 aromatic heterocycles. The van der Waals surface area contributed by atoms with Crippen molar-refractivity contribution in [2.24, 2.45) is 0 Å². The Bertz CT molecular complexity index is 1650. The number of phenolic OH excluding ortho intramolecular Hbond substituents is 1. The van der Waals surface area contributed by atoms with Crippen LogP contribution in [0.5, 0.6) is 23.0 Å². The molecule has 4 nitrogen and oxygen atoms in total. The smallest absolute Gasteiger partial charge is 0.427 e. The fourth-order valence-corrected chi connectivity index (χ4v) is 4.44. The van der Waals surface area contributed by atoms with Crippen LogP contribution in [0.25, 0.3) is 21.5 Å². The molecule has 0 saturated carbocycles. The number of alkyl halides is 4. The van der Waals surface area contributed by atoms with E-state index in [0.29, 0.717) is 11.1 Å². The lowest BCUT2D eigenvalue weighted by molar-refractivity contribution is -0.187. The van der Waals surface area contributed by atoms with Crippen LogP contribution < -0.4 is 14.2 Å². The number of rotatable bonds is 7. The minimum Gasteiger partial charge on any atom is -0.507 e. The van der Waals surface area contributed by atoms with E-state index in [9.17, 15) is 5.11 Å². The second-order valence-corrected chi connectivity index (χ2v) is 8.70. The molecule has 0 fully saturated rings. The molecular formula is C30H22F4O4. The van der Waals surface area contributed by atoms with Gasteiger partial charge in [-0.2, -0.15) is 17.6 Å². The molecule has 0 saturated heterocycles. The Labute approximate surface area is 215 Å². The predicted octanol–water partition coefficient (Wildman–Crippen LogP) is 8.27. The van der Waals surface area contributed by atoms with Crippen LogP contribution in [0.15, 0.2) is 91.0 Å². The minimum atomic E-state index is -3.77. The fraction of sp³-hybridized carbons (Fsp3) is 0.133. The van der Waals surface area contributed by atoms with Crippen molar-refractivity contribution in [1.82, 2.24) is 0 Å². The van der Waals surface area contributed by atoms with Crippen molar-refractivity contribution in [3.63, 3.8) is 0 Å². The maximum Gasteiger partial charge on any atom is 0.427 e. The normalized spacial score (nSPS) is 12.1. The van der Waals surface area contributed by atoms with Gasteiger partial charge in [0.15, 0.2) is 0 Å². The Morgan fingerprint density at radius 3 is 1.76 bits per heavy atom. The Morgan fingerprint density at radius 1 is 0.605 bits per heavy atom. The van der Waals surface area contributed by atoms with Gasteiger partial charge in [-0.3, -0.25) is 0 Å². The van der Waals surface area contributed by atoms with Gasteiger partial charge in [0.05, 0.1) is 18.2 Å².